The molecule has 0 fully saturated rings. The number of nitrogen functional groups attached to an aromatic ring is 1. The number of benzene rings is 2. The zero-order valence-electron chi connectivity index (χ0n) is 12.7. The van der Waals surface area contributed by atoms with Crippen LogP contribution in [-0.2, 0) is 5.41 Å². The molecule has 0 aliphatic rings. The molecule has 22 heavy (non-hydrogen) atoms. The number of anilines is 1. The van der Waals surface area contributed by atoms with Crippen molar-refractivity contribution in [2.75, 3.05) is 5.73 Å². The van der Waals surface area contributed by atoms with Crippen molar-refractivity contribution < 1.29 is 17.9 Å². The molecule has 2 rings (SSSR count). The highest BCUT2D eigenvalue weighted by atomic mass is 19.4. The molecule has 0 atom stereocenters. The average Bonchev–Trinajstić information content (AvgIpc) is 2.39. The van der Waals surface area contributed by atoms with Gasteiger partial charge in [-0.3, -0.25) is 0 Å². The third-order valence-electron chi connectivity index (χ3n) is 3.32. The van der Waals surface area contributed by atoms with Crippen LogP contribution >= 0.6 is 0 Å². The van der Waals surface area contributed by atoms with Crippen LogP contribution in [0.15, 0.2) is 42.5 Å². The molecular weight excluding hydrogens is 291 g/mol. The molecule has 0 heterocycles. The maximum atomic E-state index is 12.4. The molecule has 2 aromatic carbocycles. The van der Waals surface area contributed by atoms with Crippen LogP contribution < -0.4 is 10.5 Å². The number of rotatable bonds is 2. The monoisotopic (exact) mass is 309 g/mol. The van der Waals surface area contributed by atoms with Gasteiger partial charge in [-0.1, -0.05) is 51.1 Å². The van der Waals surface area contributed by atoms with E-state index in [1.807, 2.05) is 24.3 Å². The second-order valence-corrected chi connectivity index (χ2v) is 6.13. The molecule has 5 heteroatoms. The number of nitrogens with two attached hydrogens (primary N) is 1. The first kappa shape index (κ1) is 16.2. The summed E-state index contributed by atoms with van der Waals surface area (Å²) in [5.41, 5.74) is 8.08. The van der Waals surface area contributed by atoms with Gasteiger partial charge in [0.2, 0.25) is 0 Å². The molecule has 118 valence electrons. The Morgan fingerprint density at radius 2 is 1.41 bits per heavy atom. The van der Waals surface area contributed by atoms with Crippen LogP contribution in [-0.4, -0.2) is 6.36 Å². The predicted molar refractivity (Wildman–Crippen MR) is 81.7 cm³/mol. The highest BCUT2D eigenvalue weighted by molar-refractivity contribution is 5.70. The van der Waals surface area contributed by atoms with Gasteiger partial charge >= 0.3 is 6.36 Å². The minimum atomic E-state index is -4.76. The maximum absolute atomic E-state index is 12.4. The van der Waals surface area contributed by atoms with Crippen molar-refractivity contribution in [3.8, 4) is 16.9 Å². The molecule has 2 nitrogen and oxygen atoms in total. The van der Waals surface area contributed by atoms with Crippen LogP contribution in [0.1, 0.15) is 26.3 Å². The standard InChI is InChI=1S/C17H18F3NO/c1-16(2,3)13-7-4-11(5-8-13)12-6-9-14(21)15(10-12)22-17(18,19)20/h4-10H,21H2,1-3H3. The summed E-state index contributed by atoms with van der Waals surface area (Å²) in [5, 5.41) is 0. The van der Waals surface area contributed by atoms with E-state index in [0.29, 0.717) is 5.56 Å². The van der Waals surface area contributed by atoms with Crippen molar-refractivity contribution in [2.45, 2.75) is 32.5 Å². The Balaban J connectivity index is 2.35. The molecule has 0 aliphatic carbocycles. The van der Waals surface area contributed by atoms with Crippen molar-refractivity contribution in [1.29, 1.82) is 0 Å². The van der Waals surface area contributed by atoms with E-state index >= 15 is 0 Å². The second kappa shape index (κ2) is 5.55. The first-order chi connectivity index (χ1) is 10.1. The molecule has 0 bridgehead atoms. The molecule has 0 spiro atoms. The summed E-state index contributed by atoms with van der Waals surface area (Å²) in [6.07, 6.45) is -4.76. The lowest BCUT2D eigenvalue weighted by Gasteiger charge is -2.19. The Kier molecular flexibility index (Phi) is 4.09. The highest BCUT2D eigenvalue weighted by Gasteiger charge is 2.32. The number of hydrogen-bond acceptors (Lipinski definition) is 2. The number of halogens is 3. The van der Waals surface area contributed by atoms with Gasteiger partial charge in [0.25, 0.3) is 0 Å². The Morgan fingerprint density at radius 1 is 0.864 bits per heavy atom. The third-order valence-corrected chi connectivity index (χ3v) is 3.32. The van der Waals surface area contributed by atoms with Crippen molar-refractivity contribution in [3.63, 3.8) is 0 Å². The van der Waals surface area contributed by atoms with E-state index in [2.05, 4.69) is 25.5 Å². The molecule has 2 N–H and O–H groups in total. The van der Waals surface area contributed by atoms with Crippen LogP contribution in [0, 0.1) is 0 Å². The molecule has 0 unspecified atom stereocenters. The minimum Gasteiger partial charge on any atom is -0.404 e. The maximum Gasteiger partial charge on any atom is 0.573 e. The summed E-state index contributed by atoms with van der Waals surface area (Å²) in [6, 6.07) is 12.1. The zero-order valence-corrected chi connectivity index (χ0v) is 12.7. The van der Waals surface area contributed by atoms with Gasteiger partial charge in [-0.15, -0.1) is 13.2 Å². The summed E-state index contributed by atoms with van der Waals surface area (Å²) in [7, 11) is 0. The Labute approximate surface area is 127 Å². The normalized spacial score (nSPS) is 12.3. The Bertz CT molecular complexity index is 655. The van der Waals surface area contributed by atoms with Gasteiger partial charge in [-0.25, -0.2) is 0 Å². The van der Waals surface area contributed by atoms with E-state index in [1.54, 1.807) is 6.07 Å². The minimum absolute atomic E-state index is 0.0181. The SMILES string of the molecule is CC(C)(C)c1ccc(-c2ccc(N)c(OC(F)(F)F)c2)cc1. The molecule has 0 aromatic heterocycles. The van der Waals surface area contributed by atoms with E-state index in [9.17, 15) is 13.2 Å². The van der Waals surface area contributed by atoms with Crippen molar-refractivity contribution >= 4 is 5.69 Å². The van der Waals surface area contributed by atoms with Crippen molar-refractivity contribution in [3.05, 3.63) is 48.0 Å². The lowest BCUT2D eigenvalue weighted by atomic mass is 9.86. The second-order valence-electron chi connectivity index (χ2n) is 6.13. The van der Waals surface area contributed by atoms with E-state index in [0.717, 1.165) is 11.1 Å². The lowest BCUT2D eigenvalue weighted by molar-refractivity contribution is -0.274. The quantitative estimate of drug-likeness (QED) is 0.780. The Morgan fingerprint density at radius 3 is 1.91 bits per heavy atom. The van der Waals surface area contributed by atoms with Gasteiger partial charge in [0, 0.05) is 0 Å². The average molecular weight is 309 g/mol. The molecule has 0 saturated carbocycles. The summed E-state index contributed by atoms with van der Waals surface area (Å²) >= 11 is 0. The first-order valence-corrected chi connectivity index (χ1v) is 6.82. The van der Waals surface area contributed by atoms with E-state index in [4.69, 9.17) is 5.73 Å². The largest absolute Gasteiger partial charge is 0.573 e. The van der Waals surface area contributed by atoms with E-state index < -0.39 is 6.36 Å². The van der Waals surface area contributed by atoms with Gasteiger partial charge in [-0.2, -0.15) is 0 Å². The van der Waals surface area contributed by atoms with Crippen LogP contribution in [0.3, 0.4) is 0 Å². The molecule has 2 aromatic rings. The number of hydrogen-bond donors (Lipinski definition) is 1. The number of alkyl halides is 3. The van der Waals surface area contributed by atoms with Crippen LogP contribution in [0.5, 0.6) is 5.75 Å². The fraction of sp³-hybridized carbons (Fsp3) is 0.294. The fourth-order valence-electron chi connectivity index (χ4n) is 2.09. The molecule has 0 aliphatic heterocycles. The van der Waals surface area contributed by atoms with Crippen LogP contribution in [0.25, 0.3) is 11.1 Å². The Hall–Kier alpha value is -2.17. The molecular formula is C17H18F3NO. The lowest BCUT2D eigenvalue weighted by Crippen LogP contribution is -2.18. The number of ether oxygens (including phenoxy) is 1. The van der Waals surface area contributed by atoms with Gasteiger partial charge in [0.1, 0.15) is 0 Å². The van der Waals surface area contributed by atoms with E-state index in [1.165, 1.54) is 12.1 Å². The first-order valence-electron chi connectivity index (χ1n) is 6.82. The smallest absolute Gasteiger partial charge is 0.404 e. The fourth-order valence-corrected chi connectivity index (χ4v) is 2.09. The van der Waals surface area contributed by atoms with E-state index in [-0.39, 0.29) is 16.9 Å². The summed E-state index contributed by atoms with van der Waals surface area (Å²) in [6.45, 7) is 6.29. The van der Waals surface area contributed by atoms with Crippen LogP contribution in [0.2, 0.25) is 0 Å². The molecule has 0 radical (unpaired) electrons. The van der Waals surface area contributed by atoms with Gasteiger partial charge in [0.15, 0.2) is 5.75 Å². The molecule has 0 saturated heterocycles. The summed E-state index contributed by atoms with van der Waals surface area (Å²) in [4.78, 5) is 0. The highest BCUT2D eigenvalue weighted by Crippen LogP contribution is 2.33. The third kappa shape index (κ3) is 3.93. The van der Waals surface area contributed by atoms with Gasteiger partial charge in [-0.05, 0) is 34.2 Å². The van der Waals surface area contributed by atoms with Crippen molar-refractivity contribution in [1.82, 2.24) is 0 Å². The van der Waals surface area contributed by atoms with Gasteiger partial charge in [0.05, 0.1) is 5.69 Å². The van der Waals surface area contributed by atoms with Crippen LogP contribution in [0.4, 0.5) is 18.9 Å². The summed E-state index contributed by atoms with van der Waals surface area (Å²) < 4.78 is 41.0. The molecule has 0 amide bonds. The summed E-state index contributed by atoms with van der Waals surface area (Å²) in [5.74, 6) is -0.384. The predicted octanol–water partition coefficient (Wildman–Crippen LogP) is 5.13. The van der Waals surface area contributed by atoms with Crippen molar-refractivity contribution in [2.24, 2.45) is 0 Å². The van der Waals surface area contributed by atoms with Gasteiger partial charge < -0.3 is 10.5 Å². The topological polar surface area (TPSA) is 35.2 Å². The zero-order chi connectivity index (χ0) is 16.5.